The number of amides is 5. The SMILES string of the molecule is CC(=O)CC(=O)N1c2nccc(Cc3cccc4c3C(=O)N(C3CCC(=O)NC3=O)C4=O)c21. The van der Waals surface area contributed by atoms with Crippen molar-refractivity contribution in [1.82, 2.24) is 15.2 Å². The van der Waals surface area contributed by atoms with E-state index in [-0.39, 0.29) is 48.5 Å². The van der Waals surface area contributed by atoms with Crippen LogP contribution in [0.25, 0.3) is 0 Å². The third-order valence-corrected chi connectivity index (χ3v) is 5.96. The molecule has 33 heavy (non-hydrogen) atoms. The summed E-state index contributed by atoms with van der Waals surface area (Å²) in [5.74, 6) is -2.41. The van der Waals surface area contributed by atoms with Crippen molar-refractivity contribution in [2.24, 2.45) is 0 Å². The van der Waals surface area contributed by atoms with E-state index in [1.807, 2.05) is 0 Å². The molecule has 1 unspecified atom stereocenters. The number of benzene rings is 1. The molecular formula is C23H18N4O6. The molecule has 10 heteroatoms. The summed E-state index contributed by atoms with van der Waals surface area (Å²) in [6, 6.07) is 5.59. The Morgan fingerprint density at radius 3 is 2.61 bits per heavy atom. The normalized spacial score (nSPS) is 18.8. The number of rotatable bonds is 5. The van der Waals surface area contributed by atoms with Gasteiger partial charge in [0.15, 0.2) is 5.82 Å². The van der Waals surface area contributed by atoms with Crippen LogP contribution in [0.4, 0.5) is 11.5 Å². The van der Waals surface area contributed by atoms with Crippen LogP contribution in [0.2, 0.25) is 0 Å². The molecule has 0 bridgehead atoms. The number of piperidine rings is 1. The molecule has 5 amide bonds. The van der Waals surface area contributed by atoms with Gasteiger partial charge in [0, 0.05) is 19.0 Å². The van der Waals surface area contributed by atoms with Crippen LogP contribution >= 0.6 is 0 Å². The van der Waals surface area contributed by atoms with Crippen molar-refractivity contribution in [2.45, 2.75) is 38.6 Å². The Morgan fingerprint density at radius 1 is 1.09 bits per heavy atom. The summed E-state index contributed by atoms with van der Waals surface area (Å²) in [7, 11) is 0. The largest absolute Gasteiger partial charge is 0.299 e. The number of hydrogen-bond donors (Lipinski definition) is 1. The first kappa shape index (κ1) is 20.7. The molecule has 1 aromatic carbocycles. The lowest BCUT2D eigenvalue weighted by Gasteiger charge is -2.27. The van der Waals surface area contributed by atoms with Crippen LogP contribution in [0.3, 0.4) is 0 Å². The third kappa shape index (κ3) is 3.30. The summed E-state index contributed by atoms with van der Waals surface area (Å²) < 4.78 is 0. The average Bonchev–Trinajstić information content (AvgIpc) is 3.44. The topological polar surface area (TPSA) is 134 Å². The molecule has 1 N–H and O–H groups in total. The van der Waals surface area contributed by atoms with Crippen molar-refractivity contribution in [3.8, 4) is 0 Å². The van der Waals surface area contributed by atoms with Crippen LogP contribution in [0.5, 0.6) is 0 Å². The molecule has 4 heterocycles. The second kappa shape index (κ2) is 7.44. The van der Waals surface area contributed by atoms with Crippen molar-refractivity contribution in [3.63, 3.8) is 0 Å². The van der Waals surface area contributed by atoms with Gasteiger partial charge in [-0.1, -0.05) is 12.1 Å². The maximum Gasteiger partial charge on any atom is 0.262 e. The predicted octanol–water partition coefficient (Wildman–Crippen LogP) is 1.03. The second-order valence-electron chi connectivity index (χ2n) is 8.21. The first-order valence-corrected chi connectivity index (χ1v) is 10.4. The number of carbonyl (C=O) groups is 6. The number of fused-ring (bicyclic) bond motifs is 2. The first-order valence-electron chi connectivity index (χ1n) is 10.4. The maximum atomic E-state index is 13.3. The molecule has 0 saturated carbocycles. The Bertz CT molecular complexity index is 1300. The molecule has 5 rings (SSSR count). The van der Waals surface area contributed by atoms with Crippen LogP contribution in [-0.2, 0) is 25.6 Å². The summed E-state index contributed by atoms with van der Waals surface area (Å²) in [5, 5.41) is 2.18. The molecule has 166 valence electrons. The molecule has 3 aliphatic heterocycles. The predicted molar refractivity (Wildman–Crippen MR) is 113 cm³/mol. The van der Waals surface area contributed by atoms with E-state index < -0.39 is 29.7 Å². The van der Waals surface area contributed by atoms with Gasteiger partial charge in [-0.25, -0.2) is 4.98 Å². The van der Waals surface area contributed by atoms with E-state index in [1.165, 1.54) is 17.9 Å². The Hall–Kier alpha value is -4.21. The molecule has 1 fully saturated rings. The molecule has 0 spiro atoms. The minimum atomic E-state index is -1.04. The minimum Gasteiger partial charge on any atom is -0.299 e. The van der Waals surface area contributed by atoms with Gasteiger partial charge in [0.1, 0.15) is 11.8 Å². The zero-order valence-corrected chi connectivity index (χ0v) is 17.6. The quantitative estimate of drug-likeness (QED) is 0.412. The fourth-order valence-electron chi connectivity index (χ4n) is 4.45. The first-order chi connectivity index (χ1) is 15.8. The lowest BCUT2D eigenvalue weighted by Crippen LogP contribution is -2.54. The van der Waals surface area contributed by atoms with E-state index in [9.17, 15) is 28.8 Å². The molecule has 1 aromatic heterocycles. The lowest BCUT2D eigenvalue weighted by molar-refractivity contribution is -0.136. The molecule has 3 aliphatic rings. The van der Waals surface area contributed by atoms with Crippen LogP contribution in [0.15, 0.2) is 30.5 Å². The smallest absolute Gasteiger partial charge is 0.262 e. The van der Waals surface area contributed by atoms with E-state index in [4.69, 9.17) is 0 Å². The summed E-state index contributed by atoms with van der Waals surface area (Å²) in [5.41, 5.74) is 2.30. The Kier molecular flexibility index (Phi) is 4.66. The number of anilines is 2. The highest BCUT2D eigenvalue weighted by atomic mass is 16.2. The zero-order valence-electron chi connectivity index (χ0n) is 17.6. The van der Waals surface area contributed by atoms with Crippen LogP contribution in [-0.4, -0.2) is 51.2 Å². The van der Waals surface area contributed by atoms with E-state index in [1.54, 1.807) is 24.4 Å². The number of ketones is 1. The van der Waals surface area contributed by atoms with Crippen molar-refractivity contribution < 1.29 is 28.8 Å². The number of aromatic nitrogens is 1. The number of Topliss-reactive ketones (excluding diaryl/α,β-unsaturated/α-hetero) is 1. The summed E-state index contributed by atoms with van der Waals surface area (Å²) in [6.45, 7) is 1.34. The van der Waals surface area contributed by atoms with Gasteiger partial charge in [-0.3, -0.25) is 43.9 Å². The number of pyridine rings is 1. The Balaban J connectivity index is 1.44. The van der Waals surface area contributed by atoms with Crippen molar-refractivity contribution in [2.75, 3.05) is 4.90 Å². The monoisotopic (exact) mass is 446 g/mol. The molecule has 1 atom stereocenters. The van der Waals surface area contributed by atoms with Crippen LogP contribution in [0, 0.1) is 0 Å². The van der Waals surface area contributed by atoms with E-state index in [0.29, 0.717) is 17.1 Å². The lowest BCUT2D eigenvalue weighted by atomic mass is 9.97. The third-order valence-electron chi connectivity index (χ3n) is 5.96. The maximum absolute atomic E-state index is 13.3. The summed E-state index contributed by atoms with van der Waals surface area (Å²) in [6.07, 6.45) is 1.69. The van der Waals surface area contributed by atoms with Gasteiger partial charge in [0.25, 0.3) is 11.8 Å². The number of hydrogen-bond acceptors (Lipinski definition) is 7. The van der Waals surface area contributed by atoms with E-state index in [0.717, 1.165) is 10.5 Å². The average molecular weight is 446 g/mol. The number of nitrogens with one attached hydrogen (secondary N) is 1. The summed E-state index contributed by atoms with van der Waals surface area (Å²) >= 11 is 0. The Morgan fingerprint density at radius 2 is 1.88 bits per heavy atom. The highest BCUT2D eigenvalue weighted by molar-refractivity contribution is 6.24. The molecule has 10 nitrogen and oxygen atoms in total. The molecule has 1 saturated heterocycles. The fourth-order valence-corrected chi connectivity index (χ4v) is 4.45. The fraction of sp³-hybridized carbons (Fsp3) is 0.261. The second-order valence-corrected chi connectivity index (χ2v) is 8.21. The Labute approximate surface area is 187 Å². The minimum absolute atomic E-state index is 0.0456. The van der Waals surface area contributed by atoms with Gasteiger partial charge in [-0.15, -0.1) is 0 Å². The van der Waals surface area contributed by atoms with E-state index >= 15 is 0 Å². The highest BCUT2D eigenvalue weighted by Gasteiger charge is 2.46. The standard InChI is InChI=1S/C23H18N4O6/c1-11(28)9-17(30)27-19-13(7-8-24-20(19)27)10-12-3-2-4-14-18(12)23(33)26(22(14)32)15-5-6-16(29)25-21(15)31/h2-4,7-8,15H,5-6,9-10H2,1H3,(H,25,29,31). The van der Waals surface area contributed by atoms with Gasteiger partial charge in [-0.2, -0.15) is 0 Å². The molecule has 0 radical (unpaired) electrons. The van der Waals surface area contributed by atoms with Crippen molar-refractivity contribution >= 4 is 46.8 Å². The number of imide groups is 2. The number of nitrogens with zero attached hydrogens (tertiary/aromatic N) is 3. The van der Waals surface area contributed by atoms with E-state index in [2.05, 4.69) is 10.3 Å². The summed E-state index contributed by atoms with van der Waals surface area (Å²) in [4.78, 5) is 80.1. The van der Waals surface area contributed by atoms with Crippen molar-refractivity contribution in [3.05, 3.63) is 52.7 Å². The van der Waals surface area contributed by atoms with Gasteiger partial charge >= 0.3 is 0 Å². The molecular weight excluding hydrogens is 428 g/mol. The molecule has 0 aliphatic carbocycles. The van der Waals surface area contributed by atoms with Gasteiger partial charge in [-0.05, 0) is 36.6 Å². The van der Waals surface area contributed by atoms with Crippen LogP contribution in [0.1, 0.15) is 58.0 Å². The van der Waals surface area contributed by atoms with Crippen molar-refractivity contribution in [1.29, 1.82) is 0 Å². The van der Waals surface area contributed by atoms with Crippen LogP contribution < -0.4 is 10.2 Å². The number of carbonyl (C=O) groups excluding carboxylic acids is 6. The van der Waals surface area contributed by atoms with Gasteiger partial charge < -0.3 is 0 Å². The zero-order chi connectivity index (χ0) is 23.4. The molecule has 2 aromatic rings. The highest BCUT2D eigenvalue weighted by Crippen LogP contribution is 2.49. The van der Waals surface area contributed by atoms with Gasteiger partial charge in [0.05, 0.1) is 23.2 Å². The van der Waals surface area contributed by atoms with Gasteiger partial charge in [0.2, 0.25) is 17.7 Å².